The monoisotopic (exact) mass is 223 g/mol. The smallest absolute Gasteiger partial charge is 0.0979 e. The summed E-state index contributed by atoms with van der Waals surface area (Å²) in [6.45, 7) is 3.33. The second-order valence-electron chi connectivity index (χ2n) is 4.47. The SMILES string of the molecule is C[C@@H]1N[C@@H](CNC[C]2[CH][CH][CH][CH]2)[C@H](O)[C@@H]1O. The highest BCUT2D eigenvalue weighted by Gasteiger charge is 2.37. The summed E-state index contributed by atoms with van der Waals surface area (Å²) in [5.74, 6) is 1.24. The van der Waals surface area contributed by atoms with E-state index in [0.717, 1.165) is 6.54 Å². The van der Waals surface area contributed by atoms with Crippen molar-refractivity contribution in [1.82, 2.24) is 10.6 Å². The maximum atomic E-state index is 9.73. The predicted octanol–water partition coefficient (Wildman–Crippen LogP) is -0.937. The Bertz CT molecular complexity index is 219. The number of hydrogen-bond acceptors (Lipinski definition) is 4. The number of aliphatic hydroxyl groups is 2. The first-order valence-electron chi connectivity index (χ1n) is 5.72. The molecule has 1 aliphatic carbocycles. The zero-order valence-electron chi connectivity index (χ0n) is 9.43. The quantitative estimate of drug-likeness (QED) is 0.497. The first kappa shape index (κ1) is 12.3. The van der Waals surface area contributed by atoms with E-state index in [-0.39, 0.29) is 12.1 Å². The first-order chi connectivity index (χ1) is 7.68. The van der Waals surface area contributed by atoms with Crippen molar-refractivity contribution in [1.29, 1.82) is 0 Å². The molecule has 0 aromatic carbocycles. The van der Waals surface area contributed by atoms with Gasteiger partial charge in [-0.2, -0.15) is 0 Å². The van der Waals surface area contributed by atoms with E-state index in [9.17, 15) is 10.2 Å². The molecule has 1 heterocycles. The van der Waals surface area contributed by atoms with Gasteiger partial charge in [-0.05, 0) is 38.5 Å². The molecular weight excluding hydrogens is 204 g/mol. The Morgan fingerprint density at radius 3 is 2.50 bits per heavy atom. The Morgan fingerprint density at radius 2 is 1.94 bits per heavy atom. The van der Waals surface area contributed by atoms with Crippen LogP contribution < -0.4 is 10.6 Å². The third-order valence-electron chi connectivity index (χ3n) is 3.18. The summed E-state index contributed by atoms with van der Waals surface area (Å²) < 4.78 is 0. The molecule has 4 nitrogen and oxygen atoms in total. The molecule has 1 saturated heterocycles. The molecule has 16 heavy (non-hydrogen) atoms. The lowest BCUT2D eigenvalue weighted by molar-refractivity contribution is 0.0305. The van der Waals surface area contributed by atoms with Crippen LogP contribution in [-0.2, 0) is 0 Å². The van der Waals surface area contributed by atoms with Gasteiger partial charge in [0.1, 0.15) is 0 Å². The summed E-state index contributed by atoms with van der Waals surface area (Å²) in [4.78, 5) is 0. The van der Waals surface area contributed by atoms with Gasteiger partial charge in [-0.3, -0.25) is 0 Å². The van der Waals surface area contributed by atoms with Crippen LogP contribution in [0.2, 0.25) is 0 Å². The van der Waals surface area contributed by atoms with Gasteiger partial charge in [0.2, 0.25) is 0 Å². The molecule has 0 amide bonds. The Balaban J connectivity index is 1.66. The molecule has 2 fully saturated rings. The van der Waals surface area contributed by atoms with Crippen LogP contribution in [0.15, 0.2) is 0 Å². The molecule has 0 aromatic rings. The van der Waals surface area contributed by atoms with Crippen LogP contribution in [0.5, 0.6) is 0 Å². The lowest BCUT2D eigenvalue weighted by atomic mass is 10.1. The van der Waals surface area contributed by atoms with Crippen LogP contribution in [0.4, 0.5) is 0 Å². The van der Waals surface area contributed by atoms with Crippen molar-refractivity contribution >= 4 is 0 Å². The Labute approximate surface area is 97.4 Å². The molecule has 4 N–H and O–H groups in total. The van der Waals surface area contributed by atoms with Gasteiger partial charge < -0.3 is 20.8 Å². The molecule has 1 aliphatic heterocycles. The third-order valence-corrected chi connectivity index (χ3v) is 3.18. The maximum absolute atomic E-state index is 9.73. The van der Waals surface area contributed by atoms with Crippen LogP contribution >= 0.6 is 0 Å². The Morgan fingerprint density at radius 1 is 1.25 bits per heavy atom. The van der Waals surface area contributed by atoms with Gasteiger partial charge in [-0.1, -0.05) is 0 Å². The van der Waals surface area contributed by atoms with Gasteiger partial charge in [0, 0.05) is 25.2 Å². The van der Waals surface area contributed by atoms with Crippen LogP contribution in [-0.4, -0.2) is 47.6 Å². The van der Waals surface area contributed by atoms with Gasteiger partial charge >= 0.3 is 0 Å². The second kappa shape index (κ2) is 5.45. The molecule has 0 unspecified atom stereocenters. The molecule has 0 bridgehead atoms. The van der Waals surface area contributed by atoms with Gasteiger partial charge in [0.15, 0.2) is 0 Å². The van der Waals surface area contributed by atoms with E-state index >= 15 is 0 Å². The Kier molecular flexibility index (Phi) is 4.19. The average molecular weight is 223 g/mol. The standard InChI is InChI=1S/C12H19N2O2/c1-8-11(15)12(16)10(14-8)7-13-6-9-4-2-3-5-9/h2-5,8,10-16H,6-7H2,1H3/t8-,10-,11+,12-/m0/s1. The van der Waals surface area contributed by atoms with Gasteiger partial charge in [-0.15, -0.1) is 0 Å². The minimum Gasteiger partial charge on any atom is -0.389 e. The van der Waals surface area contributed by atoms with Gasteiger partial charge in [0.05, 0.1) is 12.2 Å². The molecular formula is C12H19N2O2. The molecule has 2 rings (SSSR count). The summed E-state index contributed by atoms with van der Waals surface area (Å²) in [5.41, 5.74) is 0. The fourth-order valence-corrected chi connectivity index (χ4v) is 2.15. The van der Waals surface area contributed by atoms with Crippen LogP contribution in [0.25, 0.3) is 0 Å². The van der Waals surface area contributed by atoms with Gasteiger partial charge in [-0.25, -0.2) is 0 Å². The van der Waals surface area contributed by atoms with Crippen molar-refractivity contribution in [3.05, 3.63) is 31.6 Å². The normalized spacial score (nSPS) is 40.7. The topological polar surface area (TPSA) is 64.5 Å². The van der Waals surface area contributed by atoms with E-state index in [1.165, 1.54) is 5.92 Å². The highest BCUT2D eigenvalue weighted by Crippen LogP contribution is 2.21. The van der Waals surface area contributed by atoms with E-state index in [2.05, 4.69) is 23.5 Å². The van der Waals surface area contributed by atoms with Crippen molar-refractivity contribution in [2.24, 2.45) is 0 Å². The fourth-order valence-electron chi connectivity index (χ4n) is 2.15. The maximum Gasteiger partial charge on any atom is 0.0979 e. The number of aliphatic hydroxyl groups excluding tert-OH is 2. The van der Waals surface area contributed by atoms with Crippen molar-refractivity contribution < 1.29 is 10.2 Å². The fraction of sp³-hybridized carbons (Fsp3) is 0.583. The summed E-state index contributed by atoms with van der Waals surface area (Å²) in [6, 6.07) is -0.110. The first-order valence-corrected chi connectivity index (χ1v) is 5.72. The minimum atomic E-state index is -0.679. The van der Waals surface area contributed by atoms with Crippen molar-refractivity contribution in [3.63, 3.8) is 0 Å². The van der Waals surface area contributed by atoms with Crippen LogP contribution in [0.1, 0.15) is 6.92 Å². The zero-order chi connectivity index (χ0) is 11.5. The molecule has 4 heteroatoms. The highest BCUT2D eigenvalue weighted by molar-refractivity contribution is 5.35. The highest BCUT2D eigenvalue weighted by atomic mass is 16.3. The molecule has 0 aromatic heterocycles. The van der Waals surface area contributed by atoms with Crippen molar-refractivity contribution in [2.45, 2.75) is 31.2 Å². The lowest BCUT2D eigenvalue weighted by Gasteiger charge is -2.17. The van der Waals surface area contributed by atoms with Gasteiger partial charge in [0.25, 0.3) is 0 Å². The zero-order valence-corrected chi connectivity index (χ0v) is 9.43. The largest absolute Gasteiger partial charge is 0.389 e. The Hall–Kier alpha value is -0.160. The molecule has 1 saturated carbocycles. The van der Waals surface area contributed by atoms with E-state index in [1.54, 1.807) is 0 Å². The van der Waals surface area contributed by atoms with E-state index in [1.807, 2.05) is 19.8 Å². The molecule has 2 aliphatic rings. The summed E-state index contributed by atoms with van der Waals surface area (Å²) in [7, 11) is 0. The van der Waals surface area contributed by atoms with E-state index < -0.39 is 12.2 Å². The van der Waals surface area contributed by atoms with Crippen molar-refractivity contribution in [2.75, 3.05) is 13.1 Å². The van der Waals surface area contributed by atoms with E-state index in [0.29, 0.717) is 6.54 Å². The second-order valence-corrected chi connectivity index (χ2v) is 4.47. The predicted molar refractivity (Wildman–Crippen MR) is 61.7 cm³/mol. The van der Waals surface area contributed by atoms with Crippen molar-refractivity contribution in [3.8, 4) is 0 Å². The number of rotatable bonds is 4. The third kappa shape index (κ3) is 2.74. The number of nitrogens with one attached hydrogen (secondary N) is 2. The molecule has 89 valence electrons. The van der Waals surface area contributed by atoms with Crippen LogP contribution in [0, 0.1) is 31.6 Å². The number of hydrogen-bond donors (Lipinski definition) is 4. The van der Waals surface area contributed by atoms with Crippen LogP contribution in [0.3, 0.4) is 0 Å². The molecule has 4 atom stereocenters. The summed E-state index contributed by atoms with van der Waals surface area (Å²) in [5, 5.41) is 25.8. The van der Waals surface area contributed by atoms with E-state index in [4.69, 9.17) is 0 Å². The average Bonchev–Trinajstić information content (AvgIpc) is 2.85. The summed E-state index contributed by atoms with van der Waals surface area (Å²) >= 11 is 0. The summed E-state index contributed by atoms with van der Waals surface area (Å²) in [6.07, 6.45) is 6.79. The molecule has 0 spiro atoms. The minimum absolute atomic E-state index is 0.0410. The molecule has 5 radical (unpaired) electrons. The lowest BCUT2D eigenvalue weighted by Crippen LogP contribution is -2.42.